The van der Waals surface area contributed by atoms with Crippen LogP contribution in [0.1, 0.15) is 31.4 Å². The molecular formula is C17H21N3O2. The van der Waals surface area contributed by atoms with Gasteiger partial charge in [0, 0.05) is 13.0 Å². The number of rotatable bonds is 3. The monoisotopic (exact) mass is 299 g/mol. The highest BCUT2D eigenvalue weighted by Gasteiger charge is 2.28. The molecule has 0 aliphatic heterocycles. The fourth-order valence-electron chi connectivity index (χ4n) is 3.09. The fraction of sp³-hybridized carbons (Fsp3) is 0.471. The van der Waals surface area contributed by atoms with Crippen LogP contribution in [0.3, 0.4) is 0 Å². The van der Waals surface area contributed by atoms with Crippen LogP contribution in [-0.4, -0.2) is 39.0 Å². The first-order valence-corrected chi connectivity index (χ1v) is 7.77. The lowest BCUT2D eigenvalue weighted by Gasteiger charge is -2.28. The van der Waals surface area contributed by atoms with Crippen molar-refractivity contribution < 1.29 is 9.90 Å². The van der Waals surface area contributed by atoms with Crippen LogP contribution < -0.4 is 0 Å². The van der Waals surface area contributed by atoms with Crippen LogP contribution in [0.4, 0.5) is 0 Å². The first-order valence-electron chi connectivity index (χ1n) is 7.77. The van der Waals surface area contributed by atoms with Crippen molar-refractivity contribution in [3.8, 4) is 0 Å². The van der Waals surface area contributed by atoms with E-state index in [2.05, 4.69) is 9.97 Å². The summed E-state index contributed by atoms with van der Waals surface area (Å²) in [6.45, 7) is 0.448. The molecule has 2 atom stereocenters. The third-order valence-corrected chi connectivity index (χ3v) is 4.27. The Kier molecular flexibility index (Phi) is 4.34. The zero-order valence-electron chi connectivity index (χ0n) is 12.8. The number of benzene rings is 1. The van der Waals surface area contributed by atoms with E-state index in [4.69, 9.17) is 0 Å². The Labute approximate surface area is 130 Å². The van der Waals surface area contributed by atoms with Crippen molar-refractivity contribution >= 4 is 16.9 Å². The van der Waals surface area contributed by atoms with Crippen molar-refractivity contribution in [3.05, 3.63) is 36.2 Å². The maximum atomic E-state index is 12.5. The molecule has 1 saturated carbocycles. The second-order valence-electron chi connectivity index (χ2n) is 6.06. The molecule has 116 valence electrons. The highest BCUT2D eigenvalue weighted by atomic mass is 16.3. The first-order chi connectivity index (χ1) is 10.6. The number of hydrogen-bond donors (Lipinski definition) is 1. The van der Waals surface area contributed by atoms with Crippen LogP contribution in [0.5, 0.6) is 0 Å². The van der Waals surface area contributed by atoms with E-state index in [1.165, 1.54) is 0 Å². The molecule has 1 aromatic heterocycles. The fourth-order valence-corrected chi connectivity index (χ4v) is 3.09. The van der Waals surface area contributed by atoms with Gasteiger partial charge in [-0.15, -0.1) is 0 Å². The minimum Gasteiger partial charge on any atom is -0.393 e. The van der Waals surface area contributed by atoms with Crippen molar-refractivity contribution in [2.24, 2.45) is 5.92 Å². The van der Waals surface area contributed by atoms with Crippen molar-refractivity contribution in [1.29, 1.82) is 0 Å². The molecule has 1 aliphatic carbocycles. The van der Waals surface area contributed by atoms with Crippen molar-refractivity contribution in [2.75, 3.05) is 7.05 Å². The minimum atomic E-state index is -0.337. The number of aromatic nitrogens is 2. The summed E-state index contributed by atoms with van der Waals surface area (Å²) in [5.41, 5.74) is 2.48. The predicted octanol–water partition coefficient (Wildman–Crippen LogP) is 2.14. The minimum absolute atomic E-state index is 0.0674. The number of fused-ring (bicyclic) bond motifs is 1. The molecule has 0 bridgehead atoms. The number of carbonyl (C=O) groups excluding carboxylic acids is 1. The lowest BCUT2D eigenvalue weighted by molar-refractivity contribution is -0.137. The number of amides is 1. The molecule has 0 saturated heterocycles. The van der Waals surface area contributed by atoms with Gasteiger partial charge in [-0.1, -0.05) is 18.6 Å². The van der Waals surface area contributed by atoms with Gasteiger partial charge in [0.05, 0.1) is 35.6 Å². The summed E-state index contributed by atoms with van der Waals surface area (Å²) in [6, 6.07) is 7.70. The molecule has 1 aromatic carbocycles. The molecule has 2 aromatic rings. The van der Waals surface area contributed by atoms with Gasteiger partial charge >= 0.3 is 0 Å². The van der Waals surface area contributed by atoms with Crippen molar-refractivity contribution in [2.45, 2.75) is 38.3 Å². The smallest absolute Gasteiger partial charge is 0.225 e. The van der Waals surface area contributed by atoms with Gasteiger partial charge < -0.3 is 10.0 Å². The summed E-state index contributed by atoms with van der Waals surface area (Å²) >= 11 is 0. The van der Waals surface area contributed by atoms with Crippen LogP contribution in [-0.2, 0) is 11.3 Å². The van der Waals surface area contributed by atoms with Gasteiger partial charge in [-0.05, 0) is 31.4 Å². The van der Waals surface area contributed by atoms with Gasteiger partial charge in [-0.25, -0.2) is 4.98 Å². The maximum Gasteiger partial charge on any atom is 0.225 e. The SMILES string of the molecule is CN(Cc1cnc2ccccc2n1)C(=O)[C@H]1CCC[C@@H](O)C1. The summed E-state index contributed by atoms with van der Waals surface area (Å²) in [6.07, 6.45) is 4.56. The second-order valence-corrected chi connectivity index (χ2v) is 6.06. The van der Waals surface area contributed by atoms with Gasteiger partial charge in [0.2, 0.25) is 5.91 Å². The van der Waals surface area contributed by atoms with Crippen LogP contribution in [0.2, 0.25) is 0 Å². The lowest BCUT2D eigenvalue weighted by atomic mass is 9.86. The summed E-state index contributed by atoms with van der Waals surface area (Å²) < 4.78 is 0. The number of aliphatic hydroxyl groups is 1. The van der Waals surface area contributed by atoms with E-state index in [0.717, 1.165) is 36.0 Å². The second kappa shape index (κ2) is 6.40. The Bertz CT molecular complexity index is 674. The van der Waals surface area contributed by atoms with Crippen molar-refractivity contribution in [3.63, 3.8) is 0 Å². The number of aliphatic hydroxyl groups excluding tert-OH is 1. The first kappa shape index (κ1) is 14.9. The molecule has 22 heavy (non-hydrogen) atoms. The molecule has 0 spiro atoms. The Morgan fingerprint density at radius 1 is 1.32 bits per heavy atom. The van der Waals surface area contributed by atoms with Gasteiger partial charge in [-0.2, -0.15) is 0 Å². The average molecular weight is 299 g/mol. The van der Waals surface area contributed by atoms with E-state index < -0.39 is 0 Å². The molecule has 3 rings (SSSR count). The highest BCUT2D eigenvalue weighted by molar-refractivity contribution is 5.79. The highest BCUT2D eigenvalue weighted by Crippen LogP contribution is 2.26. The molecule has 5 nitrogen and oxygen atoms in total. The Balaban J connectivity index is 1.69. The van der Waals surface area contributed by atoms with E-state index in [1.807, 2.05) is 24.3 Å². The number of para-hydroxylation sites is 2. The Morgan fingerprint density at radius 3 is 2.86 bits per heavy atom. The van der Waals surface area contributed by atoms with E-state index in [-0.39, 0.29) is 17.9 Å². The standard InChI is InChI=1S/C17H21N3O2/c1-20(17(22)12-5-4-6-14(21)9-12)11-13-10-18-15-7-2-3-8-16(15)19-13/h2-3,7-8,10,12,14,21H,4-6,9,11H2,1H3/t12-,14+/m0/s1. The predicted molar refractivity (Wildman–Crippen MR) is 84.0 cm³/mol. The van der Waals surface area contributed by atoms with E-state index >= 15 is 0 Å². The molecule has 1 aliphatic rings. The summed E-state index contributed by atoms with van der Waals surface area (Å²) in [7, 11) is 1.79. The quantitative estimate of drug-likeness (QED) is 0.943. The summed E-state index contributed by atoms with van der Waals surface area (Å²) in [5.74, 6) is 0.0240. The number of carbonyl (C=O) groups is 1. The maximum absolute atomic E-state index is 12.5. The summed E-state index contributed by atoms with van der Waals surface area (Å²) in [5, 5.41) is 9.73. The zero-order chi connectivity index (χ0) is 15.5. The van der Waals surface area contributed by atoms with Crippen LogP contribution in [0.25, 0.3) is 11.0 Å². The normalized spacial score (nSPS) is 21.7. The molecule has 1 amide bonds. The third-order valence-electron chi connectivity index (χ3n) is 4.27. The topological polar surface area (TPSA) is 66.3 Å². The van der Waals surface area contributed by atoms with Crippen molar-refractivity contribution in [1.82, 2.24) is 14.9 Å². The third kappa shape index (κ3) is 3.25. The molecule has 1 heterocycles. The van der Waals surface area contributed by atoms with E-state index in [1.54, 1.807) is 18.1 Å². The zero-order valence-corrected chi connectivity index (χ0v) is 12.8. The molecule has 1 N–H and O–H groups in total. The average Bonchev–Trinajstić information content (AvgIpc) is 2.54. The number of hydrogen-bond acceptors (Lipinski definition) is 4. The van der Waals surface area contributed by atoms with Gasteiger partial charge in [0.15, 0.2) is 0 Å². The number of nitrogens with zero attached hydrogens (tertiary/aromatic N) is 3. The van der Waals surface area contributed by atoms with Crippen LogP contribution in [0.15, 0.2) is 30.5 Å². The van der Waals surface area contributed by atoms with Crippen LogP contribution >= 0.6 is 0 Å². The molecule has 0 radical (unpaired) electrons. The van der Waals surface area contributed by atoms with E-state index in [0.29, 0.717) is 13.0 Å². The molecule has 1 fully saturated rings. The van der Waals surface area contributed by atoms with E-state index in [9.17, 15) is 9.90 Å². The summed E-state index contributed by atoms with van der Waals surface area (Å²) in [4.78, 5) is 23.1. The molecule has 0 unspecified atom stereocenters. The molecule has 5 heteroatoms. The largest absolute Gasteiger partial charge is 0.393 e. The van der Waals surface area contributed by atoms with Gasteiger partial charge in [-0.3, -0.25) is 9.78 Å². The Morgan fingerprint density at radius 2 is 2.09 bits per heavy atom. The lowest BCUT2D eigenvalue weighted by Crippen LogP contribution is -2.36. The van der Waals surface area contributed by atoms with Gasteiger partial charge in [0.1, 0.15) is 0 Å². The Hall–Kier alpha value is -2.01. The molecular weight excluding hydrogens is 278 g/mol. The van der Waals surface area contributed by atoms with Gasteiger partial charge in [0.25, 0.3) is 0 Å². The van der Waals surface area contributed by atoms with Crippen LogP contribution in [0, 0.1) is 5.92 Å².